The van der Waals surface area contributed by atoms with Crippen LogP contribution in [0.1, 0.15) is 22.3 Å². The number of ether oxygens (including phenoxy) is 2. The van der Waals surface area contributed by atoms with Gasteiger partial charge in [-0.25, -0.2) is 0 Å². The van der Waals surface area contributed by atoms with Crippen molar-refractivity contribution in [3.63, 3.8) is 0 Å². The van der Waals surface area contributed by atoms with Gasteiger partial charge in [0.15, 0.2) is 11.5 Å². The molecule has 1 atom stereocenters. The van der Waals surface area contributed by atoms with E-state index in [1.165, 1.54) is 0 Å². The van der Waals surface area contributed by atoms with Gasteiger partial charge in [-0.15, -0.1) is 0 Å². The highest BCUT2D eigenvalue weighted by Gasteiger charge is 2.53. The van der Waals surface area contributed by atoms with Crippen molar-refractivity contribution in [1.82, 2.24) is 4.90 Å². The normalized spacial score (nSPS) is 22.9. The summed E-state index contributed by atoms with van der Waals surface area (Å²) in [5.41, 5.74) is 10.9. The average molecular weight is 398 g/mol. The highest BCUT2D eigenvalue weighted by Crippen LogP contribution is 2.52. The van der Waals surface area contributed by atoms with Gasteiger partial charge in [0, 0.05) is 29.1 Å². The van der Waals surface area contributed by atoms with Crippen molar-refractivity contribution < 1.29 is 14.3 Å². The fourth-order valence-electron chi connectivity index (χ4n) is 4.98. The Bertz CT molecular complexity index is 1270. The van der Waals surface area contributed by atoms with Gasteiger partial charge in [0.25, 0.3) is 0 Å². The van der Waals surface area contributed by atoms with E-state index in [4.69, 9.17) is 15.2 Å². The molecule has 6 rings (SSSR count). The van der Waals surface area contributed by atoms with E-state index >= 15 is 0 Å². The van der Waals surface area contributed by atoms with Crippen molar-refractivity contribution >= 4 is 17.3 Å². The number of nitriles is 1. The smallest absolute Gasteiger partial charge is 0.244 e. The van der Waals surface area contributed by atoms with E-state index in [1.807, 2.05) is 48.2 Å². The zero-order valence-electron chi connectivity index (χ0n) is 16.3. The van der Waals surface area contributed by atoms with Crippen molar-refractivity contribution in [3.05, 3.63) is 70.1 Å². The van der Waals surface area contributed by atoms with Gasteiger partial charge in [-0.1, -0.05) is 18.2 Å². The summed E-state index contributed by atoms with van der Waals surface area (Å²) in [6.07, 6.45) is 2.64. The first kappa shape index (κ1) is 17.0. The average Bonchev–Trinajstić information content (AvgIpc) is 3.30. The van der Waals surface area contributed by atoms with Gasteiger partial charge in [-0.2, -0.15) is 5.26 Å². The molecule has 4 heterocycles. The van der Waals surface area contributed by atoms with Gasteiger partial charge >= 0.3 is 0 Å². The fraction of sp³-hybridized carbons (Fsp3) is 0.217. The minimum Gasteiger partial charge on any atom is -0.454 e. The number of nitrogens with one attached hydrogen (secondary N) is 1. The first-order valence-electron chi connectivity index (χ1n) is 9.80. The van der Waals surface area contributed by atoms with Crippen LogP contribution < -0.4 is 20.5 Å². The van der Waals surface area contributed by atoms with Gasteiger partial charge in [0.2, 0.25) is 12.7 Å². The molecule has 1 amide bonds. The second kappa shape index (κ2) is 5.57. The van der Waals surface area contributed by atoms with Crippen LogP contribution in [-0.4, -0.2) is 24.1 Å². The Morgan fingerprint density at radius 1 is 1.27 bits per heavy atom. The molecule has 0 radical (unpaired) electrons. The number of aryl methyl sites for hydroxylation is 1. The summed E-state index contributed by atoms with van der Waals surface area (Å²) in [4.78, 5) is 15.3. The Labute approximate surface area is 173 Å². The standard InChI is InChI=1S/C23H18N4O3/c1-12-3-2-4-15-20(12)26-22(28)23(15)9-17-14-8-19-18(29-11-30-19)7-13(14)5-6-27(17)21(25)16(23)10-24/h2-4,7-9H,5-6,11,25H2,1H3,(H,26,28)/t23-/m1/s1. The highest BCUT2D eigenvalue weighted by atomic mass is 16.7. The number of fused-ring (bicyclic) bond motifs is 6. The van der Waals surface area contributed by atoms with Crippen LogP contribution in [0.25, 0.3) is 5.70 Å². The molecule has 4 aliphatic rings. The highest BCUT2D eigenvalue weighted by molar-refractivity contribution is 6.13. The third-order valence-corrected chi connectivity index (χ3v) is 6.47. The summed E-state index contributed by atoms with van der Waals surface area (Å²) in [5.74, 6) is 1.47. The molecule has 4 aliphatic heterocycles. The lowest BCUT2D eigenvalue weighted by molar-refractivity contribution is -0.118. The lowest BCUT2D eigenvalue weighted by Gasteiger charge is -2.41. The van der Waals surface area contributed by atoms with Crippen molar-refractivity contribution in [2.24, 2.45) is 5.73 Å². The molecule has 0 aliphatic carbocycles. The Balaban J connectivity index is 1.65. The number of nitrogens with two attached hydrogens (primary N) is 1. The van der Waals surface area contributed by atoms with Crippen molar-refractivity contribution in [2.75, 3.05) is 18.7 Å². The van der Waals surface area contributed by atoms with E-state index in [0.717, 1.165) is 45.8 Å². The van der Waals surface area contributed by atoms with E-state index in [0.29, 0.717) is 18.1 Å². The topological polar surface area (TPSA) is 101 Å². The Morgan fingerprint density at radius 2 is 2.07 bits per heavy atom. The van der Waals surface area contributed by atoms with Crippen LogP contribution in [0.4, 0.5) is 5.69 Å². The second-order valence-corrected chi connectivity index (χ2v) is 7.93. The van der Waals surface area contributed by atoms with Crippen LogP contribution >= 0.6 is 0 Å². The van der Waals surface area contributed by atoms with Crippen LogP contribution in [0.5, 0.6) is 11.5 Å². The van der Waals surface area contributed by atoms with E-state index in [-0.39, 0.29) is 18.3 Å². The zero-order chi connectivity index (χ0) is 20.6. The fourth-order valence-corrected chi connectivity index (χ4v) is 4.98. The predicted molar refractivity (Wildman–Crippen MR) is 109 cm³/mol. The summed E-state index contributed by atoms with van der Waals surface area (Å²) in [6.45, 7) is 2.75. The minimum absolute atomic E-state index is 0.195. The van der Waals surface area contributed by atoms with E-state index in [9.17, 15) is 10.1 Å². The molecule has 30 heavy (non-hydrogen) atoms. The van der Waals surface area contributed by atoms with Crippen molar-refractivity contribution in [1.29, 1.82) is 5.26 Å². The van der Waals surface area contributed by atoms with Crippen LogP contribution in [0, 0.1) is 18.3 Å². The van der Waals surface area contributed by atoms with E-state index in [2.05, 4.69) is 11.4 Å². The first-order valence-corrected chi connectivity index (χ1v) is 9.80. The number of anilines is 1. The van der Waals surface area contributed by atoms with E-state index < -0.39 is 5.41 Å². The molecule has 0 saturated heterocycles. The molecule has 2 aromatic carbocycles. The minimum atomic E-state index is -1.25. The summed E-state index contributed by atoms with van der Waals surface area (Å²) >= 11 is 0. The number of nitrogens with zero attached hydrogens (tertiary/aromatic N) is 2. The number of carbonyl (C=O) groups excluding carboxylic acids is 1. The maximum absolute atomic E-state index is 13.4. The molecule has 3 N–H and O–H groups in total. The molecular formula is C23H18N4O3. The quantitative estimate of drug-likeness (QED) is 0.707. The molecule has 2 aromatic rings. The SMILES string of the molecule is Cc1cccc2c1NC(=O)[C@]21C=C2c3cc4c(cc3CCN2C(N)=C1C#N)OCO4. The lowest BCUT2D eigenvalue weighted by Crippen LogP contribution is -2.45. The van der Waals surface area contributed by atoms with Crippen LogP contribution in [0.2, 0.25) is 0 Å². The number of hydrogen-bond donors (Lipinski definition) is 2. The molecule has 0 bridgehead atoms. The summed E-state index contributed by atoms with van der Waals surface area (Å²) in [5, 5.41) is 13.0. The monoisotopic (exact) mass is 398 g/mol. The third kappa shape index (κ3) is 1.90. The van der Waals surface area contributed by atoms with Gasteiger partial charge < -0.3 is 25.4 Å². The molecule has 7 heteroatoms. The third-order valence-electron chi connectivity index (χ3n) is 6.47. The summed E-state index contributed by atoms with van der Waals surface area (Å²) in [7, 11) is 0. The molecule has 0 unspecified atom stereocenters. The van der Waals surface area contributed by atoms with Crippen molar-refractivity contribution in [3.8, 4) is 17.6 Å². The number of amides is 1. The van der Waals surface area contributed by atoms with E-state index in [1.54, 1.807) is 0 Å². The van der Waals surface area contributed by atoms with Crippen LogP contribution in [0.3, 0.4) is 0 Å². The number of benzene rings is 2. The number of carbonyl (C=O) groups is 1. The summed E-state index contributed by atoms with van der Waals surface area (Å²) in [6, 6.07) is 11.9. The molecule has 148 valence electrons. The number of para-hydroxylation sites is 1. The number of hydrogen-bond acceptors (Lipinski definition) is 6. The van der Waals surface area contributed by atoms with Crippen LogP contribution in [-0.2, 0) is 16.6 Å². The Hall–Kier alpha value is -3.92. The largest absolute Gasteiger partial charge is 0.454 e. The molecule has 0 saturated carbocycles. The molecule has 1 spiro atoms. The molecule has 7 nitrogen and oxygen atoms in total. The summed E-state index contributed by atoms with van der Waals surface area (Å²) < 4.78 is 11.1. The predicted octanol–water partition coefficient (Wildman–Crippen LogP) is 2.52. The van der Waals surface area contributed by atoms with Gasteiger partial charge in [0.1, 0.15) is 17.3 Å². The van der Waals surface area contributed by atoms with Gasteiger partial charge in [0.05, 0.1) is 5.57 Å². The maximum atomic E-state index is 13.4. The van der Waals surface area contributed by atoms with Crippen molar-refractivity contribution in [2.45, 2.75) is 18.8 Å². The molecule has 0 aromatic heterocycles. The zero-order valence-corrected chi connectivity index (χ0v) is 16.3. The van der Waals surface area contributed by atoms with Gasteiger partial charge in [-0.05, 0) is 42.7 Å². The Morgan fingerprint density at radius 3 is 2.87 bits per heavy atom. The molecular weight excluding hydrogens is 380 g/mol. The maximum Gasteiger partial charge on any atom is 0.244 e. The Kier molecular flexibility index (Phi) is 3.16. The second-order valence-electron chi connectivity index (χ2n) is 7.93. The lowest BCUT2D eigenvalue weighted by atomic mass is 9.71. The van der Waals surface area contributed by atoms with Crippen LogP contribution in [0.15, 0.2) is 47.8 Å². The van der Waals surface area contributed by atoms with Gasteiger partial charge in [-0.3, -0.25) is 4.79 Å². The molecule has 0 fully saturated rings. The first-order chi connectivity index (χ1) is 14.5. The number of rotatable bonds is 0.